The van der Waals surface area contributed by atoms with Crippen molar-refractivity contribution in [1.29, 1.82) is 0 Å². The van der Waals surface area contributed by atoms with Crippen molar-refractivity contribution in [3.63, 3.8) is 0 Å². The third-order valence-electron chi connectivity index (χ3n) is 2.68. The van der Waals surface area contributed by atoms with Crippen LogP contribution >= 0.6 is 12.2 Å². The highest BCUT2D eigenvalue weighted by atomic mass is 32.1. The molecular formula is C14H14N4OS. The van der Waals surface area contributed by atoms with Gasteiger partial charge in [0.25, 0.3) is 5.91 Å². The molecule has 1 aromatic heterocycles. The SMILES string of the molecule is C=CCN(NC(=O)c1ccc2ncccc2c1)C(N)=S. The smallest absolute Gasteiger partial charge is 0.269 e. The van der Waals surface area contributed by atoms with E-state index in [1.165, 1.54) is 5.01 Å². The van der Waals surface area contributed by atoms with Crippen LogP contribution in [0, 0.1) is 0 Å². The number of thiocarbonyl (C=S) groups is 1. The molecule has 102 valence electrons. The van der Waals surface area contributed by atoms with E-state index in [0.29, 0.717) is 12.1 Å². The Bertz CT molecular complexity index is 671. The van der Waals surface area contributed by atoms with Crippen molar-refractivity contribution in [1.82, 2.24) is 15.4 Å². The minimum atomic E-state index is -0.287. The second kappa shape index (κ2) is 6.12. The van der Waals surface area contributed by atoms with Crippen LogP contribution in [0.3, 0.4) is 0 Å². The van der Waals surface area contributed by atoms with Crippen LogP contribution in [-0.4, -0.2) is 27.6 Å². The van der Waals surface area contributed by atoms with Crippen LogP contribution in [0.15, 0.2) is 49.2 Å². The average Bonchev–Trinajstić information content (AvgIpc) is 2.46. The zero-order chi connectivity index (χ0) is 14.5. The van der Waals surface area contributed by atoms with Gasteiger partial charge in [-0.25, -0.2) is 0 Å². The highest BCUT2D eigenvalue weighted by Crippen LogP contribution is 2.13. The molecule has 0 atom stereocenters. The molecule has 3 N–H and O–H groups in total. The summed E-state index contributed by atoms with van der Waals surface area (Å²) < 4.78 is 0. The van der Waals surface area contributed by atoms with Crippen LogP contribution in [0.4, 0.5) is 0 Å². The monoisotopic (exact) mass is 286 g/mol. The molecule has 2 aromatic rings. The average molecular weight is 286 g/mol. The van der Waals surface area contributed by atoms with Gasteiger partial charge in [-0.3, -0.25) is 20.2 Å². The second-order valence-corrected chi connectivity index (χ2v) is 4.51. The van der Waals surface area contributed by atoms with E-state index in [0.717, 1.165) is 10.9 Å². The number of carbonyl (C=O) groups is 1. The number of carbonyl (C=O) groups excluding carboxylic acids is 1. The maximum absolute atomic E-state index is 12.2. The minimum absolute atomic E-state index is 0.0840. The van der Waals surface area contributed by atoms with E-state index >= 15 is 0 Å². The van der Waals surface area contributed by atoms with E-state index in [-0.39, 0.29) is 11.0 Å². The van der Waals surface area contributed by atoms with Gasteiger partial charge in [0.2, 0.25) is 0 Å². The van der Waals surface area contributed by atoms with Crippen molar-refractivity contribution in [2.24, 2.45) is 5.73 Å². The number of hydrogen-bond acceptors (Lipinski definition) is 3. The molecular weight excluding hydrogens is 272 g/mol. The van der Waals surface area contributed by atoms with E-state index in [2.05, 4.69) is 17.0 Å². The molecule has 0 saturated heterocycles. The number of benzene rings is 1. The fourth-order valence-electron chi connectivity index (χ4n) is 1.72. The summed E-state index contributed by atoms with van der Waals surface area (Å²) in [6.45, 7) is 3.93. The molecule has 0 spiro atoms. The van der Waals surface area contributed by atoms with E-state index in [9.17, 15) is 4.79 Å². The third-order valence-corrected chi connectivity index (χ3v) is 2.90. The summed E-state index contributed by atoms with van der Waals surface area (Å²) in [7, 11) is 0. The molecule has 1 aromatic carbocycles. The highest BCUT2D eigenvalue weighted by Gasteiger charge is 2.11. The number of aromatic nitrogens is 1. The molecule has 6 heteroatoms. The number of pyridine rings is 1. The van der Waals surface area contributed by atoms with Gasteiger partial charge in [-0.05, 0) is 36.5 Å². The molecule has 1 heterocycles. The Kier molecular flexibility index (Phi) is 4.27. The quantitative estimate of drug-likeness (QED) is 0.509. The lowest BCUT2D eigenvalue weighted by Crippen LogP contribution is -2.48. The molecule has 0 bridgehead atoms. The van der Waals surface area contributed by atoms with Gasteiger partial charge in [0, 0.05) is 17.1 Å². The van der Waals surface area contributed by atoms with Gasteiger partial charge in [-0.1, -0.05) is 12.1 Å². The molecule has 0 radical (unpaired) electrons. The van der Waals surface area contributed by atoms with Gasteiger partial charge in [-0.15, -0.1) is 6.58 Å². The maximum atomic E-state index is 12.2. The van der Waals surface area contributed by atoms with Crippen LogP contribution in [0.2, 0.25) is 0 Å². The number of hydrazine groups is 1. The molecule has 0 aliphatic carbocycles. The normalized spacial score (nSPS) is 10.0. The minimum Gasteiger partial charge on any atom is -0.375 e. The van der Waals surface area contributed by atoms with Crippen molar-refractivity contribution in [3.05, 3.63) is 54.7 Å². The second-order valence-electron chi connectivity index (χ2n) is 4.09. The Morgan fingerprint density at radius 2 is 2.30 bits per heavy atom. The van der Waals surface area contributed by atoms with Gasteiger partial charge in [0.1, 0.15) is 0 Å². The molecule has 0 aliphatic rings. The zero-order valence-electron chi connectivity index (χ0n) is 10.7. The maximum Gasteiger partial charge on any atom is 0.269 e. The first-order valence-corrected chi connectivity index (χ1v) is 6.36. The van der Waals surface area contributed by atoms with Gasteiger partial charge in [-0.2, -0.15) is 0 Å². The predicted molar refractivity (Wildman–Crippen MR) is 82.9 cm³/mol. The summed E-state index contributed by atoms with van der Waals surface area (Å²) in [4.78, 5) is 16.4. The number of amides is 1. The van der Waals surface area contributed by atoms with Crippen LogP contribution in [0.25, 0.3) is 10.9 Å². The summed E-state index contributed by atoms with van der Waals surface area (Å²) in [6, 6.07) is 8.99. The van der Waals surface area contributed by atoms with Crippen molar-refractivity contribution in [3.8, 4) is 0 Å². The Morgan fingerprint density at radius 1 is 1.50 bits per heavy atom. The van der Waals surface area contributed by atoms with E-state index in [1.807, 2.05) is 12.1 Å². The number of nitrogens with one attached hydrogen (secondary N) is 1. The number of nitrogens with two attached hydrogens (primary N) is 1. The Morgan fingerprint density at radius 3 is 3.00 bits per heavy atom. The first-order valence-electron chi connectivity index (χ1n) is 5.95. The van der Waals surface area contributed by atoms with Crippen LogP contribution in [0.1, 0.15) is 10.4 Å². The highest BCUT2D eigenvalue weighted by molar-refractivity contribution is 7.80. The fraction of sp³-hybridized carbons (Fsp3) is 0.0714. The molecule has 1 amide bonds. The molecule has 20 heavy (non-hydrogen) atoms. The van der Waals surface area contributed by atoms with E-state index in [4.69, 9.17) is 18.0 Å². The van der Waals surface area contributed by atoms with Crippen molar-refractivity contribution >= 4 is 34.1 Å². The van der Waals surface area contributed by atoms with Gasteiger partial charge in [0.15, 0.2) is 5.11 Å². The number of rotatable bonds is 3. The Labute approximate surface area is 122 Å². The summed E-state index contributed by atoms with van der Waals surface area (Å²) in [5, 5.41) is 2.34. The van der Waals surface area contributed by atoms with Gasteiger partial charge < -0.3 is 5.73 Å². The number of nitrogens with zero attached hydrogens (tertiary/aromatic N) is 2. The van der Waals surface area contributed by atoms with Crippen LogP contribution < -0.4 is 11.2 Å². The van der Waals surface area contributed by atoms with Gasteiger partial charge >= 0.3 is 0 Å². The standard InChI is InChI=1S/C14H14N4OS/c1-2-8-18(14(15)20)17-13(19)11-5-6-12-10(9-11)4-3-7-16-12/h2-7,9H,1,8H2,(H2,15,20)(H,17,19). The van der Waals surface area contributed by atoms with Gasteiger partial charge in [0.05, 0.1) is 12.1 Å². The first kappa shape index (κ1) is 14.0. The van der Waals surface area contributed by atoms with E-state index < -0.39 is 0 Å². The molecule has 2 rings (SSSR count). The predicted octanol–water partition coefficient (Wildman–Crippen LogP) is 1.61. The van der Waals surface area contributed by atoms with Crippen LogP contribution in [0.5, 0.6) is 0 Å². The lowest BCUT2D eigenvalue weighted by molar-refractivity contribution is 0.0879. The summed E-state index contributed by atoms with van der Waals surface area (Å²) in [5.74, 6) is -0.287. The third kappa shape index (κ3) is 3.10. The van der Waals surface area contributed by atoms with Crippen molar-refractivity contribution in [2.45, 2.75) is 0 Å². The summed E-state index contributed by atoms with van der Waals surface area (Å²) >= 11 is 4.86. The molecule has 0 aliphatic heterocycles. The summed E-state index contributed by atoms with van der Waals surface area (Å²) in [5.41, 5.74) is 9.50. The largest absolute Gasteiger partial charge is 0.375 e. The first-order chi connectivity index (χ1) is 9.61. The Balaban J connectivity index is 2.22. The molecule has 5 nitrogen and oxygen atoms in total. The topological polar surface area (TPSA) is 71.2 Å². The summed E-state index contributed by atoms with van der Waals surface area (Å²) in [6.07, 6.45) is 3.31. The zero-order valence-corrected chi connectivity index (χ0v) is 11.6. The van der Waals surface area contributed by atoms with Crippen LogP contribution in [-0.2, 0) is 0 Å². The van der Waals surface area contributed by atoms with E-state index in [1.54, 1.807) is 30.5 Å². The van der Waals surface area contributed by atoms with Crippen molar-refractivity contribution in [2.75, 3.05) is 6.54 Å². The lowest BCUT2D eigenvalue weighted by atomic mass is 10.1. The number of hydrogen-bond donors (Lipinski definition) is 2. The molecule has 0 unspecified atom stereocenters. The fourth-order valence-corrected chi connectivity index (χ4v) is 1.84. The Hall–Kier alpha value is -2.47. The molecule has 0 fully saturated rings. The lowest BCUT2D eigenvalue weighted by Gasteiger charge is -2.21. The number of fused-ring (bicyclic) bond motifs is 1. The molecule has 0 saturated carbocycles. The van der Waals surface area contributed by atoms with Crippen molar-refractivity contribution < 1.29 is 4.79 Å².